The summed E-state index contributed by atoms with van der Waals surface area (Å²) in [6.45, 7) is 0.584. The smallest absolute Gasteiger partial charge is 0.243 e. The first-order valence-corrected chi connectivity index (χ1v) is 12.3. The molecule has 2 unspecified atom stereocenters. The molecule has 1 aliphatic rings. The summed E-state index contributed by atoms with van der Waals surface area (Å²) in [6, 6.07) is 17.4. The number of hydrogen-bond acceptors (Lipinski definition) is 6. The minimum absolute atomic E-state index is 0.0785. The van der Waals surface area contributed by atoms with Gasteiger partial charge >= 0.3 is 0 Å². The number of nitrogens with one attached hydrogen (secondary N) is 1. The van der Waals surface area contributed by atoms with Gasteiger partial charge < -0.3 is 14.8 Å². The molecule has 34 heavy (non-hydrogen) atoms. The zero-order chi connectivity index (χ0) is 24.1. The Morgan fingerprint density at radius 2 is 1.79 bits per heavy atom. The number of hydrogen-bond donors (Lipinski definition) is 1. The van der Waals surface area contributed by atoms with Gasteiger partial charge in [-0.15, -0.1) is 0 Å². The summed E-state index contributed by atoms with van der Waals surface area (Å²) in [6.07, 6.45) is 3.36. The van der Waals surface area contributed by atoms with Crippen LogP contribution in [0.4, 0.5) is 0 Å². The quantitative estimate of drug-likeness (QED) is 0.531. The van der Waals surface area contributed by atoms with Gasteiger partial charge in [0.05, 0.1) is 25.0 Å². The monoisotopic (exact) mass is 481 g/mol. The third kappa shape index (κ3) is 5.05. The Hall–Kier alpha value is -3.43. The molecule has 1 fully saturated rings. The van der Waals surface area contributed by atoms with Crippen molar-refractivity contribution in [3.05, 3.63) is 84.2 Å². The molecule has 0 saturated carbocycles. The third-order valence-electron chi connectivity index (χ3n) is 6.03. The molecular formula is C25H27N3O5S. The van der Waals surface area contributed by atoms with E-state index in [0.29, 0.717) is 18.0 Å². The zero-order valence-corrected chi connectivity index (χ0v) is 19.9. The van der Waals surface area contributed by atoms with Gasteiger partial charge in [-0.2, -0.15) is 4.31 Å². The van der Waals surface area contributed by atoms with E-state index in [9.17, 15) is 13.2 Å². The van der Waals surface area contributed by atoms with Crippen LogP contribution in [0.5, 0.6) is 11.5 Å². The molecule has 1 amide bonds. The molecule has 178 valence electrons. The Morgan fingerprint density at radius 3 is 2.47 bits per heavy atom. The van der Waals surface area contributed by atoms with Crippen molar-refractivity contribution in [2.75, 3.05) is 27.3 Å². The summed E-state index contributed by atoms with van der Waals surface area (Å²) in [7, 11) is -0.696. The molecule has 8 nitrogen and oxygen atoms in total. The van der Waals surface area contributed by atoms with Crippen LogP contribution in [0.2, 0.25) is 0 Å². The van der Waals surface area contributed by atoms with E-state index < -0.39 is 15.9 Å². The van der Waals surface area contributed by atoms with Crippen LogP contribution in [0.3, 0.4) is 0 Å². The second-order valence-electron chi connectivity index (χ2n) is 8.07. The lowest BCUT2D eigenvalue weighted by Gasteiger charge is -2.19. The van der Waals surface area contributed by atoms with Gasteiger partial charge in [0.25, 0.3) is 0 Å². The van der Waals surface area contributed by atoms with Crippen molar-refractivity contribution in [1.82, 2.24) is 14.6 Å². The first kappa shape index (κ1) is 23.7. The topological polar surface area (TPSA) is 97.8 Å². The Balaban J connectivity index is 1.60. The maximum atomic E-state index is 13.4. The molecule has 1 N–H and O–H groups in total. The van der Waals surface area contributed by atoms with E-state index in [1.165, 1.54) is 23.5 Å². The number of carbonyl (C=O) groups excluding carboxylic acids is 1. The number of carbonyl (C=O) groups is 1. The van der Waals surface area contributed by atoms with E-state index >= 15 is 0 Å². The van der Waals surface area contributed by atoms with Gasteiger partial charge in [-0.05, 0) is 53.6 Å². The van der Waals surface area contributed by atoms with E-state index in [2.05, 4.69) is 10.3 Å². The summed E-state index contributed by atoms with van der Waals surface area (Å²) in [5.74, 6) is 0.142. The third-order valence-corrected chi connectivity index (χ3v) is 7.88. The maximum absolute atomic E-state index is 13.4. The predicted octanol–water partition coefficient (Wildman–Crippen LogP) is 2.82. The Labute approximate surface area is 199 Å². The molecule has 0 bridgehead atoms. The fourth-order valence-corrected chi connectivity index (χ4v) is 5.65. The van der Waals surface area contributed by atoms with E-state index in [1.807, 2.05) is 30.3 Å². The normalized spacial score (nSPS) is 18.4. The van der Waals surface area contributed by atoms with Gasteiger partial charge in [0.2, 0.25) is 15.9 Å². The molecular weight excluding hydrogens is 454 g/mol. The highest BCUT2D eigenvalue weighted by Crippen LogP contribution is 2.37. The van der Waals surface area contributed by atoms with Gasteiger partial charge in [-0.3, -0.25) is 9.78 Å². The fourth-order valence-electron chi connectivity index (χ4n) is 4.16. The van der Waals surface area contributed by atoms with Crippen molar-refractivity contribution in [2.24, 2.45) is 5.92 Å². The van der Waals surface area contributed by atoms with Crippen LogP contribution in [0.25, 0.3) is 0 Å². The van der Waals surface area contributed by atoms with Crippen molar-refractivity contribution in [3.8, 4) is 11.5 Å². The largest absolute Gasteiger partial charge is 0.497 e. The van der Waals surface area contributed by atoms with E-state index in [4.69, 9.17) is 9.47 Å². The summed E-state index contributed by atoms with van der Waals surface area (Å²) in [5.41, 5.74) is 1.72. The second-order valence-corrected chi connectivity index (χ2v) is 10.0. The molecule has 3 aromatic rings. The molecule has 9 heteroatoms. The minimum Gasteiger partial charge on any atom is -0.497 e. The first-order valence-electron chi connectivity index (χ1n) is 10.9. The average molecular weight is 482 g/mol. The lowest BCUT2D eigenvalue weighted by atomic mass is 9.88. The Morgan fingerprint density at radius 1 is 1.03 bits per heavy atom. The number of aromatic nitrogens is 1. The molecule has 1 aromatic heterocycles. The number of ether oxygens (including phenoxy) is 2. The summed E-state index contributed by atoms with van der Waals surface area (Å²) < 4.78 is 38.7. The van der Waals surface area contributed by atoms with Gasteiger partial charge in [0.15, 0.2) is 0 Å². The van der Waals surface area contributed by atoms with Crippen molar-refractivity contribution in [1.29, 1.82) is 0 Å². The number of benzene rings is 2. The number of pyridine rings is 1. The molecule has 0 radical (unpaired) electrons. The minimum atomic E-state index is -3.80. The van der Waals surface area contributed by atoms with E-state index in [1.54, 1.807) is 37.7 Å². The highest BCUT2D eigenvalue weighted by molar-refractivity contribution is 7.89. The average Bonchev–Trinajstić information content (AvgIpc) is 3.35. The number of methoxy groups -OCH3 is 2. The molecule has 2 atom stereocenters. The van der Waals surface area contributed by atoms with Crippen LogP contribution in [-0.4, -0.2) is 50.9 Å². The van der Waals surface area contributed by atoms with Crippen molar-refractivity contribution >= 4 is 15.9 Å². The number of nitrogens with zero attached hydrogens (tertiary/aromatic N) is 2. The number of rotatable bonds is 8. The molecule has 1 saturated heterocycles. The fraction of sp³-hybridized carbons (Fsp3) is 0.280. The standard InChI is InChI=1S/C25H27N3O5S/c1-32-20-8-10-22(11-9-20)34(30,31)28-16-23(19-6-3-7-21(13-19)33-2)24(17-28)25(29)27-15-18-5-4-12-26-14-18/h3-14,23-24H,15-17H2,1-2H3,(H,27,29). The molecule has 4 rings (SSSR count). The Bertz CT molecular complexity index is 1230. The van der Waals surface area contributed by atoms with Gasteiger partial charge in [0.1, 0.15) is 11.5 Å². The second kappa shape index (κ2) is 10.2. The van der Waals surface area contributed by atoms with Crippen LogP contribution in [0.1, 0.15) is 17.0 Å². The van der Waals surface area contributed by atoms with Crippen LogP contribution < -0.4 is 14.8 Å². The summed E-state index contributed by atoms with van der Waals surface area (Å²) in [5, 5.41) is 2.95. The number of amides is 1. The van der Waals surface area contributed by atoms with Crippen LogP contribution >= 0.6 is 0 Å². The van der Waals surface area contributed by atoms with Gasteiger partial charge in [-0.25, -0.2) is 8.42 Å². The molecule has 1 aliphatic heterocycles. The summed E-state index contributed by atoms with van der Waals surface area (Å²) >= 11 is 0. The first-order chi connectivity index (χ1) is 16.4. The van der Waals surface area contributed by atoms with Crippen LogP contribution in [0.15, 0.2) is 78.0 Å². The maximum Gasteiger partial charge on any atom is 0.243 e. The van der Waals surface area contributed by atoms with Gasteiger partial charge in [0, 0.05) is 37.9 Å². The summed E-state index contributed by atoms with van der Waals surface area (Å²) in [4.78, 5) is 17.5. The molecule has 2 heterocycles. The predicted molar refractivity (Wildman–Crippen MR) is 127 cm³/mol. The van der Waals surface area contributed by atoms with Gasteiger partial charge in [-0.1, -0.05) is 18.2 Å². The van der Waals surface area contributed by atoms with Crippen molar-refractivity contribution < 1.29 is 22.7 Å². The highest BCUT2D eigenvalue weighted by atomic mass is 32.2. The van der Waals surface area contributed by atoms with Crippen molar-refractivity contribution in [3.63, 3.8) is 0 Å². The lowest BCUT2D eigenvalue weighted by molar-refractivity contribution is -0.125. The molecule has 0 spiro atoms. The van der Waals surface area contributed by atoms with E-state index in [-0.39, 0.29) is 29.8 Å². The SMILES string of the molecule is COc1ccc(S(=O)(=O)N2CC(C(=O)NCc3cccnc3)C(c3cccc(OC)c3)C2)cc1. The van der Waals surface area contributed by atoms with Crippen molar-refractivity contribution in [2.45, 2.75) is 17.4 Å². The molecule has 0 aliphatic carbocycles. The van der Waals surface area contributed by atoms with Crippen LogP contribution in [0, 0.1) is 5.92 Å². The lowest BCUT2D eigenvalue weighted by Crippen LogP contribution is -2.35. The Kier molecular flexibility index (Phi) is 7.14. The zero-order valence-electron chi connectivity index (χ0n) is 19.0. The van der Waals surface area contributed by atoms with E-state index in [0.717, 1.165) is 11.1 Å². The highest BCUT2D eigenvalue weighted by Gasteiger charge is 2.43. The van der Waals surface area contributed by atoms with Crippen LogP contribution in [-0.2, 0) is 21.4 Å². The molecule has 2 aromatic carbocycles. The number of sulfonamides is 1.